The lowest BCUT2D eigenvalue weighted by atomic mass is 10.0. The first-order chi connectivity index (χ1) is 9.41. The molecule has 1 amide bonds. The largest absolute Gasteiger partial charge is 0.393 e. The van der Waals surface area contributed by atoms with Crippen LogP contribution in [0.3, 0.4) is 0 Å². The van der Waals surface area contributed by atoms with Gasteiger partial charge in [-0.15, -0.1) is 0 Å². The fourth-order valence-corrected chi connectivity index (χ4v) is 1.56. The van der Waals surface area contributed by atoms with Crippen molar-refractivity contribution < 1.29 is 18.7 Å². The molecule has 0 fully saturated rings. The van der Waals surface area contributed by atoms with E-state index in [1.165, 1.54) is 6.07 Å². The molecule has 3 nitrogen and oxygen atoms in total. The van der Waals surface area contributed by atoms with Crippen LogP contribution in [0.5, 0.6) is 0 Å². The fourth-order valence-electron chi connectivity index (χ4n) is 1.56. The maximum atomic E-state index is 13.3. The number of halogens is 2. The molecule has 1 aromatic rings. The minimum absolute atomic E-state index is 0.120. The van der Waals surface area contributed by atoms with Crippen LogP contribution in [-0.2, 0) is 4.79 Å². The number of carbonyl (C=O) groups is 1. The Morgan fingerprint density at radius 1 is 1.35 bits per heavy atom. The van der Waals surface area contributed by atoms with Gasteiger partial charge in [0.15, 0.2) is 0 Å². The van der Waals surface area contributed by atoms with Crippen molar-refractivity contribution in [2.45, 2.75) is 26.4 Å². The summed E-state index contributed by atoms with van der Waals surface area (Å²) in [5, 5.41) is 12.1. The van der Waals surface area contributed by atoms with E-state index in [9.17, 15) is 18.7 Å². The van der Waals surface area contributed by atoms with E-state index in [0.29, 0.717) is 13.0 Å². The number of aliphatic hydroxyl groups excluding tert-OH is 1. The molecule has 110 valence electrons. The Morgan fingerprint density at radius 3 is 2.50 bits per heavy atom. The van der Waals surface area contributed by atoms with Gasteiger partial charge in [0.05, 0.1) is 6.10 Å². The standard InChI is InChI=1S/C15H19F2NO2/c1-10(2)14(19)8-9-18-15(20)7-6-11-12(16)4-3-5-13(11)17/h3-7,10,14,19H,8-9H2,1-2H3,(H,18,20). The number of benzene rings is 1. The first-order valence-electron chi connectivity index (χ1n) is 6.49. The highest BCUT2D eigenvalue weighted by molar-refractivity contribution is 5.91. The summed E-state index contributed by atoms with van der Waals surface area (Å²) in [6.07, 6.45) is 2.12. The van der Waals surface area contributed by atoms with E-state index in [4.69, 9.17) is 0 Å². The predicted octanol–water partition coefficient (Wildman–Crippen LogP) is 2.50. The van der Waals surface area contributed by atoms with Crippen LogP contribution in [0.15, 0.2) is 24.3 Å². The molecule has 0 heterocycles. The summed E-state index contributed by atoms with van der Waals surface area (Å²) in [6.45, 7) is 4.07. The van der Waals surface area contributed by atoms with Gasteiger partial charge in [-0.2, -0.15) is 0 Å². The molecule has 0 aliphatic rings. The van der Waals surface area contributed by atoms with E-state index >= 15 is 0 Å². The molecule has 1 aromatic carbocycles. The minimum atomic E-state index is -0.718. The molecule has 1 rings (SSSR count). The average Bonchev–Trinajstić information content (AvgIpc) is 2.37. The smallest absolute Gasteiger partial charge is 0.244 e. The Morgan fingerprint density at radius 2 is 1.95 bits per heavy atom. The zero-order valence-corrected chi connectivity index (χ0v) is 11.6. The van der Waals surface area contributed by atoms with Crippen LogP contribution in [-0.4, -0.2) is 23.7 Å². The van der Waals surface area contributed by atoms with Crippen molar-refractivity contribution in [3.8, 4) is 0 Å². The quantitative estimate of drug-likeness (QED) is 0.788. The van der Waals surface area contributed by atoms with Gasteiger partial charge in [0.1, 0.15) is 11.6 Å². The third-order valence-corrected chi connectivity index (χ3v) is 2.91. The summed E-state index contributed by atoms with van der Waals surface area (Å²) in [7, 11) is 0. The van der Waals surface area contributed by atoms with Crippen LogP contribution in [0.4, 0.5) is 8.78 Å². The fraction of sp³-hybridized carbons (Fsp3) is 0.400. The molecular weight excluding hydrogens is 264 g/mol. The maximum absolute atomic E-state index is 13.3. The normalized spacial score (nSPS) is 12.9. The third-order valence-electron chi connectivity index (χ3n) is 2.91. The molecule has 20 heavy (non-hydrogen) atoms. The lowest BCUT2D eigenvalue weighted by Gasteiger charge is -2.13. The minimum Gasteiger partial charge on any atom is -0.393 e. The van der Waals surface area contributed by atoms with Gasteiger partial charge >= 0.3 is 0 Å². The van der Waals surface area contributed by atoms with Crippen molar-refractivity contribution in [2.75, 3.05) is 6.54 Å². The molecule has 2 N–H and O–H groups in total. The van der Waals surface area contributed by atoms with E-state index in [1.807, 2.05) is 13.8 Å². The highest BCUT2D eigenvalue weighted by atomic mass is 19.1. The van der Waals surface area contributed by atoms with Crippen LogP contribution in [0.2, 0.25) is 0 Å². The van der Waals surface area contributed by atoms with Gasteiger partial charge in [-0.25, -0.2) is 8.78 Å². The van der Waals surface area contributed by atoms with Gasteiger partial charge in [-0.05, 0) is 30.5 Å². The Kier molecular flexibility index (Phi) is 6.31. The van der Waals surface area contributed by atoms with Gasteiger partial charge < -0.3 is 10.4 Å². The Hall–Kier alpha value is -1.75. The Labute approximate surface area is 117 Å². The monoisotopic (exact) mass is 283 g/mol. The zero-order chi connectivity index (χ0) is 15.1. The maximum Gasteiger partial charge on any atom is 0.244 e. The van der Waals surface area contributed by atoms with E-state index in [2.05, 4.69) is 5.32 Å². The number of carbonyl (C=O) groups excluding carboxylic acids is 1. The number of hydrogen-bond donors (Lipinski definition) is 2. The predicted molar refractivity (Wildman–Crippen MR) is 73.9 cm³/mol. The third kappa shape index (κ3) is 5.09. The molecule has 0 bridgehead atoms. The van der Waals surface area contributed by atoms with Gasteiger partial charge in [0, 0.05) is 18.2 Å². The van der Waals surface area contributed by atoms with Crippen LogP contribution in [0.25, 0.3) is 6.08 Å². The molecule has 0 aromatic heterocycles. The SMILES string of the molecule is CC(C)C(O)CCNC(=O)C=Cc1c(F)cccc1F. The van der Waals surface area contributed by atoms with Crippen LogP contribution >= 0.6 is 0 Å². The molecule has 0 spiro atoms. The molecule has 1 atom stereocenters. The van der Waals surface area contributed by atoms with Crippen molar-refractivity contribution in [3.63, 3.8) is 0 Å². The van der Waals surface area contributed by atoms with Gasteiger partial charge in [-0.1, -0.05) is 19.9 Å². The summed E-state index contributed by atoms with van der Waals surface area (Å²) >= 11 is 0. The van der Waals surface area contributed by atoms with Crippen molar-refractivity contribution in [1.29, 1.82) is 0 Å². The Balaban J connectivity index is 2.48. The summed E-state index contributed by atoms with van der Waals surface area (Å²) in [4.78, 5) is 11.5. The van der Waals surface area contributed by atoms with Gasteiger partial charge in [0.2, 0.25) is 5.91 Å². The van der Waals surface area contributed by atoms with E-state index in [0.717, 1.165) is 24.3 Å². The molecule has 5 heteroatoms. The molecule has 0 aliphatic heterocycles. The van der Waals surface area contributed by atoms with Gasteiger partial charge in [-0.3, -0.25) is 4.79 Å². The number of aliphatic hydroxyl groups is 1. The lowest BCUT2D eigenvalue weighted by molar-refractivity contribution is -0.116. The van der Waals surface area contributed by atoms with Gasteiger partial charge in [0.25, 0.3) is 0 Å². The first kappa shape index (κ1) is 16.3. The molecule has 0 radical (unpaired) electrons. The van der Waals surface area contributed by atoms with E-state index < -0.39 is 23.6 Å². The van der Waals surface area contributed by atoms with E-state index in [-0.39, 0.29) is 11.5 Å². The summed E-state index contributed by atoms with van der Waals surface area (Å²) in [5.74, 6) is -1.77. The molecule has 0 saturated heterocycles. The number of amides is 1. The molecule has 0 aliphatic carbocycles. The van der Waals surface area contributed by atoms with Crippen LogP contribution < -0.4 is 5.32 Å². The van der Waals surface area contributed by atoms with Crippen molar-refractivity contribution in [1.82, 2.24) is 5.32 Å². The first-order valence-corrected chi connectivity index (χ1v) is 6.49. The second kappa shape index (κ2) is 7.75. The van der Waals surface area contributed by atoms with Crippen molar-refractivity contribution >= 4 is 12.0 Å². The Bertz CT molecular complexity index is 467. The summed E-state index contributed by atoms with van der Waals surface area (Å²) < 4.78 is 26.6. The molecule has 1 unspecified atom stereocenters. The zero-order valence-electron chi connectivity index (χ0n) is 11.6. The van der Waals surface area contributed by atoms with Crippen molar-refractivity contribution in [2.24, 2.45) is 5.92 Å². The van der Waals surface area contributed by atoms with Crippen LogP contribution in [0, 0.1) is 17.6 Å². The lowest BCUT2D eigenvalue weighted by Crippen LogP contribution is -2.27. The van der Waals surface area contributed by atoms with E-state index in [1.54, 1.807) is 0 Å². The second-order valence-corrected chi connectivity index (χ2v) is 4.86. The highest BCUT2D eigenvalue weighted by Crippen LogP contribution is 2.13. The second-order valence-electron chi connectivity index (χ2n) is 4.86. The summed E-state index contributed by atoms with van der Waals surface area (Å²) in [6, 6.07) is 3.51. The van der Waals surface area contributed by atoms with Crippen molar-refractivity contribution in [3.05, 3.63) is 41.5 Å². The molecular formula is C15H19F2NO2. The number of nitrogens with one attached hydrogen (secondary N) is 1. The number of rotatable bonds is 6. The average molecular weight is 283 g/mol. The molecule has 0 saturated carbocycles. The number of hydrogen-bond acceptors (Lipinski definition) is 2. The highest BCUT2D eigenvalue weighted by Gasteiger charge is 2.09. The summed E-state index contributed by atoms with van der Waals surface area (Å²) in [5.41, 5.74) is -0.245. The van der Waals surface area contributed by atoms with Crippen LogP contribution in [0.1, 0.15) is 25.8 Å². The topological polar surface area (TPSA) is 49.3 Å².